The number of nitrogens with zero attached hydrogens (tertiary/aromatic N) is 1. The molecule has 0 aromatic carbocycles. The summed E-state index contributed by atoms with van der Waals surface area (Å²) in [6.07, 6.45) is 2.37. The second kappa shape index (κ2) is 4.69. The predicted molar refractivity (Wildman–Crippen MR) is 61.5 cm³/mol. The standard InChI is InChI=1S/C12H12N2O3/c1-8-4-5-13-7-10(8)11-3-2-9(17-11)6-14-12(15)16/h2-5,7,14H,6H2,1H3,(H,15,16). The number of amides is 1. The summed E-state index contributed by atoms with van der Waals surface area (Å²) < 4.78 is 5.54. The van der Waals surface area contributed by atoms with Crippen molar-refractivity contribution < 1.29 is 14.3 Å². The first-order valence-electron chi connectivity index (χ1n) is 5.13. The molecule has 0 atom stereocenters. The van der Waals surface area contributed by atoms with Crippen molar-refractivity contribution in [3.63, 3.8) is 0 Å². The minimum Gasteiger partial charge on any atom is -0.465 e. The Kier molecular flexibility index (Phi) is 3.09. The highest BCUT2D eigenvalue weighted by Crippen LogP contribution is 2.24. The molecule has 0 saturated carbocycles. The fraction of sp³-hybridized carbons (Fsp3) is 0.167. The molecule has 88 valence electrons. The minimum atomic E-state index is -1.07. The fourth-order valence-electron chi connectivity index (χ4n) is 1.50. The quantitative estimate of drug-likeness (QED) is 0.852. The lowest BCUT2D eigenvalue weighted by atomic mass is 10.1. The van der Waals surface area contributed by atoms with Gasteiger partial charge in [0.15, 0.2) is 0 Å². The van der Waals surface area contributed by atoms with E-state index >= 15 is 0 Å². The predicted octanol–water partition coefficient (Wildman–Crippen LogP) is 2.42. The van der Waals surface area contributed by atoms with Crippen LogP contribution in [0.4, 0.5) is 4.79 Å². The van der Waals surface area contributed by atoms with E-state index in [1.54, 1.807) is 18.5 Å². The minimum absolute atomic E-state index is 0.161. The molecule has 2 rings (SSSR count). The van der Waals surface area contributed by atoms with Gasteiger partial charge in [0, 0.05) is 18.0 Å². The van der Waals surface area contributed by atoms with Crippen LogP contribution in [0.2, 0.25) is 0 Å². The summed E-state index contributed by atoms with van der Waals surface area (Å²) in [4.78, 5) is 14.4. The zero-order chi connectivity index (χ0) is 12.3. The number of hydrogen-bond donors (Lipinski definition) is 2. The monoisotopic (exact) mass is 232 g/mol. The van der Waals surface area contributed by atoms with Crippen LogP contribution in [0, 0.1) is 6.92 Å². The van der Waals surface area contributed by atoms with E-state index in [1.165, 1.54) is 0 Å². The molecular formula is C12H12N2O3. The van der Waals surface area contributed by atoms with Crippen molar-refractivity contribution >= 4 is 6.09 Å². The van der Waals surface area contributed by atoms with Gasteiger partial charge in [0.05, 0.1) is 6.54 Å². The molecule has 0 bridgehead atoms. The first-order valence-corrected chi connectivity index (χ1v) is 5.13. The van der Waals surface area contributed by atoms with Crippen LogP contribution in [-0.2, 0) is 6.54 Å². The molecule has 0 spiro atoms. The van der Waals surface area contributed by atoms with Gasteiger partial charge in [-0.1, -0.05) is 0 Å². The first-order chi connectivity index (χ1) is 8.16. The average Bonchev–Trinajstić information content (AvgIpc) is 2.75. The van der Waals surface area contributed by atoms with Gasteiger partial charge in [0.2, 0.25) is 0 Å². The second-order valence-electron chi connectivity index (χ2n) is 3.62. The Bertz CT molecular complexity index is 534. The molecule has 0 saturated heterocycles. The van der Waals surface area contributed by atoms with E-state index in [1.807, 2.05) is 19.1 Å². The number of aryl methyl sites for hydroxylation is 1. The van der Waals surface area contributed by atoms with Gasteiger partial charge in [-0.25, -0.2) is 4.79 Å². The van der Waals surface area contributed by atoms with Crippen LogP contribution >= 0.6 is 0 Å². The molecule has 0 unspecified atom stereocenters. The van der Waals surface area contributed by atoms with Crippen molar-refractivity contribution in [2.24, 2.45) is 0 Å². The summed E-state index contributed by atoms with van der Waals surface area (Å²) in [7, 11) is 0. The number of hydrogen-bond acceptors (Lipinski definition) is 3. The summed E-state index contributed by atoms with van der Waals surface area (Å²) in [6.45, 7) is 2.13. The van der Waals surface area contributed by atoms with Gasteiger partial charge in [-0.3, -0.25) is 4.98 Å². The summed E-state index contributed by atoms with van der Waals surface area (Å²) in [6, 6.07) is 5.45. The lowest BCUT2D eigenvalue weighted by Crippen LogP contribution is -2.19. The molecule has 1 amide bonds. The average molecular weight is 232 g/mol. The van der Waals surface area contributed by atoms with E-state index in [2.05, 4.69) is 10.3 Å². The lowest BCUT2D eigenvalue weighted by Gasteiger charge is -2.01. The number of nitrogens with one attached hydrogen (secondary N) is 1. The Balaban J connectivity index is 2.18. The van der Waals surface area contributed by atoms with Gasteiger partial charge in [0.1, 0.15) is 11.5 Å². The second-order valence-corrected chi connectivity index (χ2v) is 3.62. The molecular weight excluding hydrogens is 220 g/mol. The lowest BCUT2D eigenvalue weighted by molar-refractivity contribution is 0.193. The van der Waals surface area contributed by atoms with E-state index < -0.39 is 6.09 Å². The van der Waals surface area contributed by atoms with E-state index in [0.29, 0.717) is 11.5 Å². The zero-order valence-electron chi connectivity index (χ0n) is 9.30. The zero-order valence-corrected chi connectivity index (χ0v) is 9.30. The van der Waals surface area contributed by atoms with Gasteiger partial charge in [-0.15, -0.1) is 0 Å². The number of furan rings is 1. The molecule has 2 heterocycles. The molecule has 2 aromatic heterocycles. The molecule has 0 aliphatic carbocycles. The highest BCUT2D eigenvalue weighted by Gasteiger charge is 2.07. The van der Waals surface area contributed by atoms with E-state index in [-0.39, 0.29) is 6.54 Å². The van der Waals surface area contributed by atoms with Crippen LogP contribution < -0.4 is 5.32 Å². The van der Waals surface area contributed by atoms with Crippen LogP contribution in [0.3, 0.4) is 0 Å². The van der Waals surface area contributed by atoms with Crippen molar-refractivity contribution in [3.8, 4) is 11.3 Å². The third kappa shape index (κ3) is 2.63. The SMILES string of the molecule is Cc1ccncc1-c1ccc(CNC(=O)O)o1. The maximum atomic E-state index is 10.3. The normalized spacial score (nSPS) is 10.2. The fourth-order valence-corrected chi connectivity index (χ4v) is 1.50. The van der Waals surface area contributed by atoms with Crippen LogP contribution in [-0.4, -0.2) is 16.2 Å². The van der Waals surface area contributed by atoms with Gasteiger partial charge >= 0.3 is 6.09 Å². The maximum Gasteiger partial charge on any atom is 0.405 e. The van der Waals surface area contributed by atoms with Crippen molar-refractivity contribution in [2.45, 2.75) is 13.5 Å². The Morgan fingerprint density at radius 3 is 3.00 bits per heavy atom. The van der Waals surface area contributed by atoms with Crippen LogP contribution in [0.15, 0.2) is 35.0 Å². The highest BCUT2D eigenvalue weighted by molar-refractivity contribution is 5.64. The Labute approximate surface area is 98.1 Å². The summed E-state index contributed by atoms with van der Waals surface area (Å²) in [5, 5.41) is 10.7. The van der Waals surface area contributed by atoms with Gasteiger partial charge in [-0.05, 0) is 30.7 Å². The number of carboxylic acid groups (broad SMARTS) is 1. The first kappa shape index (κ1) is 11.2. The Morgan fingerprint density at radius 2 is 2.29 bits per heavy atom. The number of carbonyl (C=O) groups is 1. The third-order valence-corrected chi connectivity index (χ3v) is 2.38. The molecule has 0 aliphatic heterocycles. The molecule has 0 aliphatic rings. The largest absolute Gasteiger partial charge is 0.465 e. The number of pyridine rings is 1. The van der Waals surface area contributed by atoms with E-state index in [9.17, 15) is 4.79 Å². The van der Waals surface area contributed by atoms with Crippen LogP contribution in [0.1, 0.15) is 11.3 Å². The Hall–Kier alpha value is -2.30. The van der Waals surface area contributed by atoms with Gasteiger partial charge in [0.25, 0.3) is 0 Å². The molecule has 2 aromatic rings. The molecule has 0 fully saturated rings. The highest BCUT2D eigenvalue weighted by atomic mass is 16.4. The Morgan fingerprint density at radius 1 is 1.47 bits per heavy atom. The maximum absolute atomic E-state index is 10.3. The molecule has 2 N–H and O–H groups in total. The third-order valence-electron chi connectivity index (χ3n) is 2.38. The molecule has 17 heavy (non-hydrogen) atoms. The van der Waals surface area contributed by atoms with Crippen molar-refractivity contribution in [1.29, 1.82) is 0 Å². The molecule has 0 radical (unpaired) electrons. The van der Waals surface area contributed by atoms with E-state index in [0.717, 1.165) is 11.1 Å². The van der Waals surface area contributed by atoms with Crippen molar-refractivity contribution in [2.75, 3.05) is 0 Å². The topological polar surface area (TPSA) is 75.4 Å². The summed E-state index contributed by atoms with van der Waals surface area (Å²) >= 11 is 0. The smallest absolute Gasteiger partial charge is 0.405 e. The van der Waals surface area contributed by atoms with Crippen molar-refractivity contribution in [1.82, 2.24) is 10.3 Å². The summed E-state index contributed by atoms with van der Waals surface area (Å²) in [5.74, 6) is 1.27. The van der Waals surface area contributed by atoms with Crippen LogP contribution in [0.5, 0.6) is 0 Å². The molecule has 5 nitrogen and oxygen atoms in total. The molecule has 5 heteroatoms. The van der Waals surface area contributed by atoms with E-state index in [4.69, 9.17) is 9.52 Å². The van der Waals surface area contributed by atoms with Crippen molar-refractivity contribution in [3.05, 3.63) is 41.9 Å². The van der Waals surface area contributed by atoms with Gasteiger partial charge in [-0.2, -0.15) is 0 Å². The number of rotatable bonds is 3. The van der Waals surface area contributed by atoms with Crippen LogP contribution in [0.25, 0.3) is 11.3 Å². The number of aromatic nitrogens is 1. The summed E-state index contributed by atoms with van der Waals surface area (Å²) in [5.41, 5.74) is 1.97. The van der Waals surface area contributed by atoms with Gasteiger partial charge < -0.3 is 14.8 Å².